The Labute approximate surface area is 71.0 Å². The summed E-state index contributed by atoms with van der Waals surface area (Å²) in [4.78, 5) is 1.54. The Morgan fingerprint density at radius 1 is 1.83 bits per heavy atom. The fraction of sp³-hybridized carbons (Fsp3) is 0.571. The molecular weight excluding hydrogens is 154 g/mol. The molecule has 1 heterocycles. The number of hydrogen-bond donors (Lipinski definition) is 1. The summed E-state index contributed by atoms with van der Waals surface area (Å²) in [6.07, 6.45) is 1.46. The molecule has 0 aliphatic rings. The Hall–Kier alpha value is -1.41. The Morgan fingerprint density at radius 2 is 2.58 bits per heavy atom. The fourth-order valence-electron chi connectivity index (χ4n) is 0.917. The third kappa shape index (κ3) is 1.80. The van der Waals surface area contributed by atoms with Gasteiger partial charge in [0, 0.05) is 6.54 Å². The van der Waals surface area contributed by atoms with E-state index in [2.05, 4.69) is 15.5 Å². The monoisotopic (exact) mass is 165 g/mol. The lowest BCUT2D eigenvalue weighted by Crippen LogP contribution is -2.21. The summed E-state index contributed by atoms with van der Waals surface area (Å²) >= 11 is 0. The quantitative estimate of drug-likeness (QED) is 0.680. The van der Waals surface area contributed by atoms with Crippen molar-refractivity contribution < 1.29 is 0 Å². The van der Waals surface area contributed by atoms with Crippen LogP contribution >= 0.6 is 0 Å². The van der Waals surface area contributed by atoms with Gasteiger partial charge in [-0.3, -0.25) is 0 Å². The number of aromatic nitrogens is 3. The summed E-state index contributed by atoms with van der Waals surface area (Å²) in [5.41, 5.74) is 0.359. The first kappa shape index (κ1) is 8.68. The third-order valence-corrected chi connectivity index (χ3v) is 1.52. The van der Waals surface area contributed by atoms with Gasteiger partial charge in [0.1, 0.15) is 6.07 Å². The van der Waals surface area contributed by atoms with Gasteiger partial charge in [-0.25, -0.2) is 0 Å². The molecule has 0 amide bonds. The van der Waals surface area contributed by atoms with E-state index >= 15 is 0 Å². The summed E-state index contributed by atoms with van der Waals surface area (Å²) in [6, 6.07) is 2.11. The van der Waals surface area contributed by atoms with Gasteiger partial charge in [0.25, 0.3) is 0 Å². The molecule has 1 aromatic heterocycles. The van der Waals surface area contributed by atoms with E-state index in [9.17, 15) is 0 Å². The SMILES string of the molecule is CNCC(C)n1ncc(C#N)n1. The molecule has 1 unspecified atom stereocenters. The zero-order valence-electron chi connectivity index (χ0n) is 7.15. The molecule has 12 heavy (non-hydrogen) atoms. The second-order valence-electron chi connectivity index (χ2n) is 2.57. The van der Waals surface area contributed by atoms with E-state index in [1.807, 2.05) is 20.0 Å². The van der Waals surface area contributed by atoms with E-state index in [1.165, 1.54) is 11.0 Å². The van der Waals surface area contributed by atoms with Crippen molar-refractivity contribution in [2.75, 3.05) is 13.6 Å². The molecule has 5 heteroatoms. The molecule has 0 saturated heterocycles. The van der Waals surface area contributed by atoms with E-state index in [1.54, 1.807) is 0 Å². The van der Waals surface area contributed by atoms with Crippen LogP contribution in [0.4, 0.5) is 0 Å². The predicted octanol–water partition coefficient (Wildman–Crippen LogP) is -0.0698. The molecule has 0 aliphatic heterocycles. The molecule has 1 rings (SSSR count). The summed E-state index contributed by atoms with van der Waals surface area (Å²) in [7, 11) is 1.87. The summed E-state index contributed by atoms with van der Waals surface area (Å²) < 4.78 is 0. The van der Waals surface area contributed by atoms with Crippen LogP contribution in [0, 0.1) is 11.3 Å². The van der Waals surface area contributed by atoms with Crippen LogP contribution in [0.25, 0.3) is 0 Å². The maximum atomic E-state index is 8.48. The third-order valence-electron chi connectivity index (χ3n) is 1.52. The van der Waals surface area contributed by atoms with Crippen LogP contribution in [-0.4, -0.2) is 28.6 Å². The van der Waals surface area contributed by atoms with Gasteiger partial charge >= 0.3 is 0 Å². The first-order valence-electron chi connectivity index (χ1n) is 3.74. The van der Waals surface area contributed by atoms with E-state index in [0.717, 1.165) is 6.54 Å². The molecular formula is C7H11N5. The molecule has 1 aromatic rings. The van der Waals surface area contributed by atoms with Crippen LogP contribution in [0.1, 0.15) is 18.7 Å². The maximum absolute atomic E-state index is 8.48. The van der Waals surface area contributed by atoms with Crippen LogP contribution < -0.4 is 5.32 Å². The van der Waals surface area contributed by atoms with Crippen molar-refractivity contribution in [3.63, 3.8) is 0 Å². The van der Waals surface area contributed by atoms with Gasteiger partial charge in [0.2, 0.25) is 0 Å². The van der Waals surface area contributed by atoms with Crippen LogP contribution in [0.15, 0.2) is 6.20 Å². The Balaban J connectivity index is 2.69. The first-order chi connectivity index (χ1) is 5.77. The fourth-order valence-corrected chi connectivity index (χ4v) is 0.917. The van der Waals surface area contributed by atoms with Crippen molar-refractivity contribution >= 4 is 0 Å². The number of likely N-dealkylation sites (N-methyl/N-ethyl adjacent to an activating group) is 1. The largest absolute Gasteiger partial charge is 0.318 e. The number of nitrogens with one attached hydrogen (secondary N) is 1. The van der Waals surface area contributed by atoms with E-state index in [4.69, 9.17) is 5.26 Å². The average Bonchev–Trinajstić information content (AvgIpc) is 2.52. The number of rotatable bonds is 3. The smallest absolute Gasteiger partial charge is 0.182 e. The lowest BCUT2D eigenvalue weighted by Gasteiger charge is -2.08. The molecule has 1 atom stereocenters. The van der Waals surface area contributed by atoms with Crippen LogP contribution in [0.3, 0.4) is 0 Å². The lowest BCUT2D eigenvalue weighted by molar-refractivity contribution is 0.420. The number of nitrogens with zero attached hydrogens (tertiary/aromatic N) is 4. The molecule has 0 fully saturated rings. The summed E-state index contributed by atoms with van der Waals surface area (Å²) in [5, 5.41) is 19.4. The highest BCUT2D eigenvalue weighted by Crippen LogP contribution is 1.99. The minimum atomic E-state index is 0.178. The highest BCUT2D eigenvalue weighted by Gasteiger charge is 2.05. The summed E-state index contributed by atoms with van der Waals surface area (Å²) in [6.45, 7) is 2.78. The van der Waals surface area contributed by atoms with Crippen molar-refractivity contribution in [3.05, 3.63) is 11.9 Å². The topological polar surface area (TPSA) is 66.5 Å². The normalized spacial score (nSPS) is 12.4. The highest BCUT2D eigenvalue weighted by molar-refractivity contribution is 5.12. The molecule has 0 radical (unpaired) electrons. The van der Waals surface area contributed by atoms with E-state index in [0.29, 0.717) is 5.69 Å². The molecule has 5 nitrogen and oxygen atoms in total. The molecule has 0 aliphatic carbocycles. The van der Waals surface area contributed by atoms with Gasteiger partial charge in [-0.05, 0) is 14.0 Å². The molecule has 0 aromatic carbocycles. The van der Waals surface area contributed by atoms with Crippen LogP contribution in [0.2, 0.25) is 0 Å². The predicted molar refractivity (Wildman–Crippen MR) is 43.4 cm³/mol. The van der Waals surface area contributed by atoms with Gasteiger partial charge in [-0.1, -0.05) is 0 Å². The van der Waals surface area contributed by atoms with E-state index in [-0.39, 0.29) is 6.04 Å². The minimum absolute atomic E-state index is 0.178. The molecule has 0 bridgehead atoms. The van der Waals surface area contributed by atoms with Gasteiger partial charge in [0.05, 0.1) is 12.2 Å². The van der Waals surface area contributed by atoms with Gasteiger partial charge < -0.3 is 5.32 Å². The van der Waals surface area contributed by atoms with Crippen molar-refractivity contribution in [2.45, 2.75) is 13.0 Å². The molecule has 0 saturated carbocycles. The van der Waals surface area contributed by atoms with Crippen LogP contribution in [0.5, 0.6) is 0 Å². The summed E-state index contributed by atoms with van der Waals surface area (Å²) in [5.74, 6) is 0. The Kier molecular flexibility index (Phi) is 2.77. The average molecular weight is 165 g/mol. The van der Waals surface area contributed by atoms with Gasteiger partial charge in [0.15, 0.2) is 5.69 Å². The minimum Gasteiger partial charge on any atom is -0.318 e. The highest BCUT2D eigenvalue weighted by atomic mass is 15.5. The zero-order valence-corrected chi connectivity index (χ0v) is 7.15. The van der Waals surface area contributed by atoms with E-state index < -0.39 is 0 Å². The molecule has 64 valence electrons. The molecule has 0 spiro atoms. The van der Waals surface area contributed by atoms with Crippen molar-refractivity contribution in [1.82, 2.24) is 20.3 Å². The number of nitriles is 1. The lowest BCUT2D eigenvalue weighted by atomic mass is 10.4. The zero-order chi connectivity index (χ0) is 8.97. The first-order valence-corrected chi connectivity index (χ1v) is 3.74. The number of hydrogen-bond acceptors (Lipinski definition) is 4. The van der Waals surface area contributed by atoms with Crippen LogP contribution in [-0.2, 0) is 0 Å². The Bertz CT molecular complexity index is 284. The van der Waals surface area contributed by atoms with Crippen molar-refractivity contribution in [3.8, 4) is 6.07 Å². The van der Waals surface area contributed by atoms with Gasteiger partial charge in [-0.2, -0.15) is 15.2 Å². The second-order valence-corrected chi connectivity index (χ2v) is 2.57. The van der Waals surface area contributed by atoms with Crippen molar-refractivity contribution in [2.24, 2.45) is 0 Å². The molecule has 1 N–H and O–H groups in total. The second kappa shape index (κ2) is 3.83. The Morgan fingerprint density at radius 3 is 3.08 bits per heavy atom. The van der Waals surface area contributed by atoms with Crippen molar-refractivity contribution in [1.29, 1.82) is 5.26 Å². The standard InChI is InChI=1S/C7H11N5/c1-6(4-9-2)12-10-5-7(3-8)11-12/h5-6,9H,4H2,1-2H3. The maximum Gasteiger partial charge on any atom is 0.182 e. The van der Waals surface area contributed by atoms with Gasteiger partial charge in [-0.15, -0.1) is 5.10 Å².